The Morgan fingerprint density at radius 3 is 2.31 bits per heavy atom. The van der Waals surface area contributed by atoms with Crippen molar-refractivity contribution in [3.63, 3.8) is 0 Å². The molecule has 3 rings (SSSR count). The molecule has 29 heavy (non-hydrogen) atoms. The van der Waals surface area contributed by atoms with Gasteiger partial charge in [0.2, 0.25) is 5.91 Å². The van der Waals surface area contributed by atoms with Crippen LogP contribution in [0.5, 0.6) is 0 Å². The van der Waals surface area contributed by atoms with Crippen LogP contribution in [0.1, 0.15) is 40.5 Å². The highest BCUT2D eigenvalue weighted by atomic mass is 16.5. The highest BCUT2D eigenvalue weighted by Gasteiger charge is 2.13. The molecule has 1 N–H and O–H groups in total. The highest BCUT2D eigenvalue weighted by Crippen LogP contribution is 2.19. The molecule has 0 fully saturated rings. The van der Waals surface area contributed by atoms with Crippen LogP contribution in [0, 0.1) is 0 Å². The number of ketones is 1. The number of nitrogens with zero attached hydrogens (tertiary/aromatic N) is 1. The summed E-state index contributed by atoms with van der Waals surface area (Å²) in [6, 6.07) is 13.1. The number of esters is 1. The van der Waals surface area contributed by atoms with Gasteiger partial charge in [0.25, 0.3) is 0 Å². The summed E-state index contributed by atoms with van der Waals surface area (Å²) < 4.78 is 10.3. The fraction of sp³-hybridized carbons (Fsp3) is 0.182. The lowest BCUT2D eigenvalue weighted by atomic mass is 10.1. The average molecular weight is 392 g/mol. The number of ether oxygens (including phenoxy) is 1. The number of carbonyl (C=O) groups is 3. The Morgan fingerprint density at radius 2 is 1.69 bits per heavy atom. The van der Waals surface area contributed by atoms with Crippen molar-refractivity contribution in [1.82, 2.24) is 4.98 Å². The van der Waals surface area contributed by atoms with E-state index < -0.39 is 5.97 Å². The maximum absolute atomic E-state index is 12.2. The highest BCUT2D eigenvalue weighted by molar-refractivity contribution is 6.00. The Labute approximate surface area is 167 Å². The summed E-state index contributed by atoms with van der Waals surface area (Å²) in [7, 11) is 0. The number of amides is 1. The van der Waals surface area contributed by atoms with Crippen molar-refractivity contribution in [3.05, 3.63) is 72.2 Å². The number of hydrogen-bond acceptors (Lipinski definition) is 6. The molecule has 0 aliphatic carbocycles. The summed E-state index contributed by atoms with van der Waals surface area (Å²) in [5, 5.41) is 2.75. The van der Waals surface area contributed by atoms with Gasteiger partial charge in [-0.3, -0.25) is 9.59 Å². The van der Waals surface area contributed by atoms with Crippen LogP contribution in [0.4, 0.5) is 5.69 Å². The molecule has 0 aliphatic rings. The van der Waals surface area contributed by atoms with Gasteiger partial charge >= 0.3 is 5.97 Å². The lowest BCUT2D eigenvalue weighted by Gasteiger charge is -2.07. The lowest BCUT2D eigenvalue weighted by molar-refractivity contribution is -0.116. The molecule has 7 nitrogen and oxygen atoms in total. The second-order valence-corrected chi connectivity index (χ2v) is 6.32. The van der Waals surface area contributed by atoms with Crippen molar-refractivity contribution in [3.8, 4) is 11.3 Å². The first-order chi connectivity index (χ1) is 14.1. The van der Waals surface area contributed by atoms with E-state index >= 15 is 0 Å². The number of rotatable bonds is 8. The van der Waals surface area contributed by atoms with Gasteiger partial charge in [0.05, 0.1) is 11.8 Å². The molecule has 1 aromatic heterocycles. The van der Waals surface area contributed by atoms with Crippen LogP contribution in [0.3, 0.4) is 0 Å². The van der Waals surface area contributed by atoms with E-state index in [0.29, 0.717) is 29.0 Å². The first-order valence-corrected chi connectivity index (χ1v) is 9.16. The van der Waals surface area contributed by atoms with Crippen LogP contribution < -0.4 is 5.32 Å². The molecule has 3 aromatic rings. The van der Waals surface area contributed by atoms with Crippen molar-refractivity contribution in [2.75, 3.05) is 11.9 Å². The van der Waals surface area contributed by atoms with Crippen molar-refractivity contribution in [2.24, 2.45) is 0 Å². The minimum Gasteiger partial charge on any atom is -0.454 e. The Hall–Kier alpha value is -3.74. The minimum atomic E-state index is -0.592. The molecule has 0 spiro atoms. The number of hydrogen-bond donors (Lipinski definition) is 1. The third kappa shape index (κ3) is 5.38. The smallest absolute Gasteiger partial charge is 0.338 e. The van der Waals surface area contributed by atoms with Crippen molar-refractivity contribution < 1.29 is 23.5 Å². The predicted molar refractivity (Wildman–Crippen MR) is 107 cm³/mol. The Balaban J connectivity index is 1.53. The van der Waals surface area contributed by atoms with Gasteiger partial charge in [-0.25, -0.2) is 9.78 Å². The molecule has 0 bridgehead atoms. The van der Waals surface area contributed by atoms with Gasteiger partial charge in [-0.15, -0.1) is 0 Å². The molecule has 0 radical (unpaired) electrons. The first kappa shape index (κ1) is 20.0. The largest absolute Gasteiger partial charge is 0.454 e. The van der Waals surface area contributed by atoms with Crippen LogP contribution in [-0.4, -0.2) is 29.3 Å². The number of aromatic nitrogens is 1. The minimum absolute atomic E-state index is 0.0742. The van der Waals surface area contributed by atoms with Crippen LogP contribution in [-0.2, 0) is 9.53 Å². The summed E-state index contributed by atoms with van der Waals surface area (Å²) >= 11 is 0. The molecule has 7 heteroatoms. The number of nitrogens with one attached hydrogen (secondary N) is 1. The molecule has 1 amide bonds. The van der Waals surface area contributed by atoms with E-state index in [1.54, 1.807) is 54.7 Å². The van der Waals surface area contributed by atoms with Crippen molar-refractivity contribution in [1.29, 1.82) is 0 Å². The maximum Gasteiger partial charge on any atom is 0.338 e. The van der Waals surface area contributed by atoms with Gasteiger partial charge in [-0.2, -0.15) is 0 Å². The second kappa shape index (κ2) is 9.45. The predicted octanol–water partition coefficient (Wildman–Crippen LogP) is 4.12. The molecule has 0 saturated carbocycles. The number of oxazole rings is 1. The second-order valence-electron chi connectivity index (χ2n) is 6.32. The number of Topliss-reactive ketones (excluding diaryl/α,β-unsaturated/α-hetero) is 1. The van der Waals surface area contributed by atoms with E-state index in [4.69, 9.17) is 9.15 Å². The fourth-order valence-corrected chi connectivity index (χ4v) is 2.62. The quantitative estimate of drug-likeness (QED) is 0.457. The van der Waals surface area contributed by atoms with Crippen molar-refractivity contribution in [2.45, 2.75) is 19.8 Å². The molecule has 0 aliphatic heterocycles. The van der Waals surface area contributed by atoms with E-state index in [9.17, 15) is 14.4 Å². The molecular formula is C22H20N2O5. The Bertz CT molecular complexity index is 977. The molecule has 2 aromatic carbocycles. The zero-order valence-corrected chi connectivity index (χ0v) is 15.9. The Morgan fingerprint density at radius 1 is 1.00 bits per heavy atom. The number of benzene rings is 2. The summed E-state index contributed by atoms with van der Waals surface area (Å²) in [5.74, 6) is -0.404. The molecule has 0 unspecified atom stereocenters. The number of carbonyl (C=O) groups excluding carboxylic acids is 3. The standard InChI is InChI=1S/C22H20N2O5/c1-2-3-21(26)24-18-10-8-15(9-11-18)19(25)13-28-22(27)17-6-4-16(5-7-17)20-12-23-14-29-20/h4-12,14H,2-3,13H2,1H3,(H,24,26). The molecule has 1 heterocycles. The van der Waals surface area contributed by atoms with E-state index in [2.05, 4.69) is 10.3 Å². The van der Waals surface area contributed by atoms with Crippen LogP contribution in [0.2, 0.25) is 0 Å². The lowest BCUT2D eigenvalue weighted by Crippen LogP contribution is -2.14. The molecule has 0 saturated heterocycles. The van der Waals surface area contributed by atoms with Gasteiger partial charge in [0.15, 0.2) is 24.5 Å². The van der Waals surface area contributed by atoms with Gasteiger partial charge in [0, 0.05) is 23.2 Å². The third-order valence-corrected chi connectivity index (χ3v) is 4.14. The molecule has 0 atom stereocenters. The van der Waals surface area contributed by atoms with Crippen LogP contribution in [0.25, 0.3) is 11.3 Å². The summed E-state index contributed by atoms with van der Waals surface area (Å²) in [5.41, 5.74) is 2.12. The third-order valence-electron chi connectivity index (χ3n) is 4.14. The molecule has 148 valence electrons. The Kier molecular flexibility index (Phi) is 6.52. The number of anilines is 1. The molecular weight excluding hydrogens is 372 g/mol. The van der Waals surface area contributed by atoms with Gasteiger partial charge in [-0.1, -0.05) is 19.1 Å². The SMILES string of the molecule is CCCC(=O)Nc1ccc(C(=O)COC(=O)c2ccc(-c3cnco3)cc2)cc1. The van der Waals surface area contributed by atoms with E-state index in [1.165, 1.54) is 6.39 Å². The van der Waals surface area contributed by atoms with Gasteiger partial charge in [0.1, 0.15) is 0 Å². The van der Waals surface area contributed by atoms with Gasteiger partial charge < -0.3 is 14.5 Å². The van der Waals surface area contributed by atoms with Crippen LogP contribution >= 0.6 is 0 Å². The first-order valence-electron chi connectivity index (χ1n) is 9.16. The monoisotopic (exact) mass is 392 g/mol. The topological polar surface area (TPSA) is 98.5 Å². The average Bonchev–Trinajstić information content (AvgIpc) is 3.27. The van der Waals surface area contributed by atoms with E-state index in [1.807, 2.05) is 6.92 Å². The normalized spacial score (nSPS) is 10.4. The summed E-state index contributed by atoms with van der Waals surface area (Å²) in [6.45, 7) is 1.55. The zero-order chi connectivity index (χ0) is 20.6. The van der Waals surface area contributed by atoms with Gasteiger partial charge in [-0.05, 0) is 42.8 Å². The van der Waals surface area contributed by atoms with Crippen LogP contribution in [0.15, 0.2) is 65.5 Å². The summed E-state index contributed by atoms with van der Waals surface area (Å²) in [6.07, 6.45) is 4.11. The fourth-order valence-electron chi connectivity index (χ4n) is 2.62. The van der Waals surface area contributed by atoms with E-state index in [0.717, 1.165) is 12.0 Å². The van der Waals surface area contributed by atoms with Crippen molar-refractivity contribution >= 4 is 23.3 Å². The maximum atomic E-state index is 12.2. The summed E-state index contributed by atoms with van der Waals surface area (Å²) in [4.78, 5) is 39.8. The zero-order valence-electron chi connectivity index (χ0n) is 15.9. The van der Waals surface area contributed by atoms with E-state index in [-0.39, 0.29) is 18.3 Å².